The molecule has 1 aromatic rings. The molecule has 19 heavy (non-hydrogen) atoms. The van der Waals surface area contributed by atoms with Gasteiger partial charge in [-0.15, -0.1) is 0 Å². The Labute approximate surface area is 111 Å². The van der Waals surface area contributed by atoms with Crippen molar-refractivity contribution in [1.29, 1.82) is 0 Å². The maximum Gasteiger partial charge on any atom is 0.328 e. The molecule has 1 unspecified atom stereocenters. The van der Waals surface area contributed by atoms with Gasteiger partial charge >= 0.3 is 5.97 Å². The van der Waals surface area contributed by atoms with E-state index in [2.05, 4.69) is 10.0 Å². The summed E-state index contributed by atoms with van der Waals surface area (Å²) in [5, 5.41) is 11.7. The number of ether oxygens (including phenoxy) is 1. The molecule has 0 bridgehead atoms. The first-order chi connectivity index (χ1) is 8.90. The number of rotatable bonds is 7. The van der Waals surface area contributed by atoms with Crippen molar-refractivity contribution >= 4 is 21.7 Å². The fourth-order valence-corrected chi connectivity index (χ4v) is 2.12. The fourth-order valence-electron chi connectivity index (χ4n) is 1.39. The number of hydrogen-bond donors (Lipinski definition) is 3. The first kappa shape index (κ1) is 15.4. The molecule has 1 aromatic carbocycles. The smallest absolute Gasteiger partial charge is 0.328 e. The molecule has 0 heterocycles. The highest BCUT2D eigenvalue weighted by atomic mass is 32.2. The second kappa shape index (κ2) is 6.50. The molecule has 0 saturated heterocycles. The van der Waals surface area contributed by atoms with Crippen molar-refractivity contribution in [1.82, 2.24) is 4.72 Å². The summed E-state index contributed by atoms with van der Waals surface area (Å²) in [7, 11) is -0.766. The second-order valence-corrected chi connectivity index (χ2v) is 5.61. The van der Waals surface area contributed by atoms with Crippen molar-refractivity contribution in [3.63, 3.8) is 0 Å². The van der Waals surface area contributed by atoms with Gasteiger partial charge in [-0.25, -0.2) is 17.9 Å². The van der Waals surface area contributed by atoms with Crippen LogP contribution in [-0.4, -0.2) is 46.3 Å². The van der Waals surface area contributed by atoms with E-state index < -0.39 is 22.0 Å². The van der Waals surface area contributed by atoms with E-state index in [9.17, 15) is 13.2 Å². The van der Waals surface area contributed by atoms with E-state index in [-0.39, 0.29) is 11.5 Å². The number of benzene rings is 1. The standard InChI is InChI=1S/C11H16N2O5S/c1-12-19(16,17)9-5-3-8(4-6-9)13-10(7-18-2)11(14)15/h3-6,10,12-13H,7H2,1-2H3,(H,14,15). The lowest BCUT2D eigenvalue weighted by atomic mass is 10.2. The number of nitrogens with one attached hydrogen (secondary N) is 2. The Morgan fingerprint density at radius 3 is 2.37 bits per heavy atom. The molecule has 106 valence electrons. The maximum atomic E-state index is 11.5. The minimum absolute atomic E-state index is 0.00585. The summed E-state index contributed by atoms with van der Waals surface area (Å²) in [6, 6.07) is 4.88. The fraction of sp³-hybridized carbons (Fsp3) is 0.364. The quantitative estimate of drug-likeness (QED) is 0.657. The van der Waals surface area contributed by atoms with Gasteiger partial charge in [0.2, 0.25) is 10.0 Å². The molecule has 0 fully saturated rings. The van der Waals surface area contributed by atoms with Crippen LogP contribution in [0.4, 0.5) is 5.69 Å². The number of hydrogen-bond acceptors (Lipinski definition) is 5. The van der Waals surface area contributed by atoms with Gasteiger partial charge in [0, 0.05) is 12.8 Å². The van der Waals surface area contributed by atoms with Gasteiger partial charge in [-0.05, 0) is 31.3 Å². The minimum Gasteiger partial charge on any atom is -0.480 e. The first-order valence-corrected chi connectivity index (χ1v) is 6.91. The Balaban J connectivity index is 2.85. The highest BCUT2D eigenvalue weighted by Gasteiger charge is 2.17. The van der Waals surface area contributed by atoms with E-state index in [1.54, 1.807) is 0 Å². The summed E-state index contributed by atoms with van der Waals surface area (Å²) in [5.74, 6) is -1.05. The number of carbonyl (C=O) groups is 1. The van der Waals surface area contributed by atoms with Crippen molar-refractivity contribution in [2.75, 3.05) is 26.1 Å². The van der Waals surface area contributed by atoms with Crippen LogP contribution in [0.1, 0.15) is 0 Å². The highest BCUT2D eigenvalue weighted by molar-refractivity contribution is 7.89. The predicted molar refractivity (Wildman–Crippen MR) is 69.6 cm³/mol. The van der Waals surface area contributed by atoms with E-state index in [0.29, 0.717) is 5.69 Å². The average molecular weight is 288 g/mol. The van der Waals surface area contributed by atoms with Crippen molar-refractivity contribution < 1.29 is 23.1 Å². The molecular formula is C11H16N2O5S. The van der Waals surface area contributed by atoms with Crippen LogP contribution in [0.15, 0.2) is 29.2 Å². The zero-order chi connectivity index (χ0) is 14.5. The molecule has 0 radical (unpaired) electrons. The minimum atomic E-state index is -3.49. The van der Waals surface area contributed by atoms with Crippen LogP contribution in [0.3, 0.4) is 0 Å². The van der Waals surface area contributed by atoms with E-state index in [1.807, 2.05) is 0 Å². The summed E-state index contributed by atoms with van der Waals surface area (Å²) >= 11 is 0. The van der Waals surface area contributed by atoms with Gasteiger partial charge in [-0.1, -0.05) is 0 Å². The first-order valence-electron chi connectivity index (χ1n) is 5.42. The molecule has 0 aromatic heterocycles. The molecule has 8 heteroatoms. The van der Waals surface area contributed by atoms with Gasteiger partial charge in [-0.3, -0.25) is 0 Å². The van der Waals surface area contributed by atoms with Gasteiger partial charge < -0.3 is 15.2 Å². The van der Waals surface area contributed by atoms with Crippen molar-refractivity contribution in [3.05, 3.63) is 24.3 Å². The number of carboxylic acid groups (broad SMARTS) is 1. The Bertz CT molecular complexity index is 527. The SMILES string of the molecule is CNS(=O)(=O)c1ccc(NC(COC)C(=O)O)cc1. The van der Waals surface area contributed by atoms with Crippen LogP contribution in [0.2, 0.25) is 0 Å². The van der Waals surface area contributed by atoms with Crippen molar-refractivity contribution in [3.8, 4) is 0 Å². The molecule has 0 aliphatic heterocycles. The molecule has 0 amide bonds. The number of carboxylic acids is 1. The summed E-state index contributed by atoms with van der Waals surface area (Å²) < 4.78 is 30.0. The normalized spacial score (nSPS) is 12.9. The molecular weight excluding hydrogens is 272 g/mol. The van der Waals surface area contributed by atoms with Gasteiger partial charge in [-0.2, -0.15) is 0 Å². The average Bonchev–Trinajstić information content (AvgIpc) is 2.38. The topological polar surface area (TPSA) is 105 Å². The molecule has 0 aliphatic carbocycles. The van der Waals surface area contributed by atoms with E-state index in [1.165, 1.54) is 38.4 Å². The third-order valence-electron chi connectivity index (χ3n) is 2.41. The number of sulfonamides is 1. The van der Waals surface area contributed by atoms with Gasteiger partial charge in [0.05, 0.1) is 11.5 Å². The van der Waals surface area contributed by atoms with Crippen LogP contribution in [0, 0.1) is 0 Å². The van der Waals surface area contributed by atoms with E-state index in [0.717, 1.165) is 0 Å². The number of methoxy groups -OCH3 is 1. The largest absolute Gasteiger partial charge is 0.480 e. The molecule has 0 aliphatic rings. The van der Waals surface area contributed by atoms with Gasteiger partial charge in [0.1, 0.15) is 6.04 Å². The van der Waals surface area contributed by atoms with Crippen LogP contribution in [-0.2, 0) is 19.6 Å². The third-order valence-corrected chi connectivity index (χ3v) is 3.84. The van der Waals surface area contributed by atoms with Crippen LogP contribution in [0.5, 0.6) is 0 Å². The molecule has 3 N–H and O–H groups in total. The van der Waals surface area contributed by atoms with Crippen molar-refractivity contribution in [2.45, 2.75) is 10.9 Å². The molecule has 0 saturated carbocycles. The lowest BCUT2D eigenvalue weighted by Gasteiger charge is -2.15. The Morgan fingerprint density at radius 1 is 1.37 bits per heavy atom. The van der Waals surface area contributed by atoms with E-state index >= 15 is 0 Å². The third kappa shape index (κ3) is 4.19. The second-order valence-electron chi connectivity index (χ2n) is 3.72. The zero-order valence-electron chi connectivity index (χ0n) is 10.6. The molecule has 1 atom stereocenters. The maximum absolute atomic E-state index is 11.5. The van der Waals surface area contributed by atoms with Crippen LogP contribution >= 0.6 is 0 Å². The summed E-state index contributed by atoms with van der Waals surface area (Å²) in [4.78, 5) is 11.0. The number of aliphatic carboxylic acids is 1. The van der Waals surface area contributed by atoms with Crippen LogP contribution < -0.4 is 10.0 Å². The van der Waals surface area contributed by atoms with Crippen LogP contribution in [0.25, 0.3) is 0 Å². The molecule has 7 nitrogen and oxygen atoms in total. The summed E-state index contributed by atoms with van der Waals surface area (Å²) in [5.41, 5.74) is 0.500. The Kier molecular flexibility index (Phi) is 5.28. The molecule has 1 rings (SSSR count). The lowest BCUT2D eigenvalue weighted by Crippen LogP contribution is -2.33. The van der Waals surface area contributed by atoms with E-state index in [4.69, 9.17) is 9.84 Å². The summed E-state index contributed by atoms with van der Waals surface area (Å²) in [6.07, 6.45) is 0. The zero-order valence-corrected chi connectivity index (χ0v) is 11.4. The Morgan fingerprint density at radius 2 is 1.95 bits per heavy atom. The van der Waals surface area contributed by atoms with Gasteiger partial charge in [0.15, 0.2) is 0 Å². The van der Waals surface area contributed by atoms with Gasteiger partial charge in [0.25, 0.3) is 0 Å². The predicted octanol–water partition coefficient (Wildman–Crippen LogP) is 0.106. The summed E-state index contributed by atoms with van der Waals surface area (Å²) in [6.45, 7) is 0.00585. The lowest BCUT2D eigenvalue weighted by molar-refractivity contribution is -0.139. The van der Waals surface area contributed by atoms with Crippen molar-refractivity contribution in [2.24, 2.45) is 0 Å². The highest BCUT2D eigenvalue weighted by Crippen LogP contribution is 2.14. The molecule has 0 spiro atoms. The monoisotopic (exact) mass is 288 g/mol. The number of anilines is 1. The Hall–Kier alpha value is -1.64.